The first kappa shape index (κ1) is 19.0. The monoisotopic (exact) mass is 421 g/mol. The highest BCUT2D eigenvalue weighted by atomic mass is 16.7. The molecule has 0 spiro atoms. The van der Waals surface area contributed by atoms with E-state index in [1.807, 2.05) is 0 Å². The Morgan fingerprint density at radius 3 is 2.58 bits per heavy atom. The first-order chi connectivity index (χ1) is 15.0. The quantitative estimate of drug-likeness (QED) is 0.691. The van der Waals surface area contributed by atoms with Crippen LogP contribution in [0.4, 0.5) is 5.69 Å². The molecular weight excluding hydrogens is 402 g/mol. The summed E-state index contributed by atoms with van der Waals surface area (Å²) in [6.45, 7) is 1.78. The third-order valence-electron chi connectivity index (χ3n) is 5.31. The third kappa shape index (κ3) is 3.35. The molecule has 3 heterocycles. The minimum atomic E-state index is -0.970. The summed E-state index contributed by atoms with van der Waals surface area (Å²) in [6, 6.07) is 13.9. The van der Waals surface area contributed by atoms with Crippen molar-refractivity contribution in [1.29, 1.82) is 0 Å². The van der Waals surface area contributed by atoms with E-state index in [9.17, 15) is 9.59 Å². The van der Waals surface area contributed by atoms with Gasteiger partial charge in [-0.05, 0) is 48.9 Å². The second kappa shape index (κ2) is 7.39. The SMILES string of the molecule is COc1ccc(NC(=O)C2Oc3cc(C)oc(=O)c3C2c2ccc3c(c2)OCO3)cc1. The van der Waals surface area contributed by atoms with E-state index in [-0.39, 0.29) is 12.7 Å². The van der Waals surface area contributed by atoms with E-state index in [4.69, 9.17) is 23.4 Å². The van der Waals surface area contributed by atoms with Crippen LogP contribution in [0.5, 0.6) is 23.0 Å². The zero-order valence-electron chi connectivity index (χ0n) is 16.8. The van der Waals surface area contributed by atoms with Crippen molar-refractivity contribution < 1.29 is 28.2 Å². The molecule has 2 aliphatic rings. The number of fused-ring (bicyclic) bond motifs is 2. The average molecular weight is 421 g/mol. The fourth-order valence-corrected chi connectivity index (χ4v) is 3.87. The lowest BCUT2D eigenvalue weighted by atomic mass is 9.88. The van der Waals surface area contributed by atoms with Gasteiger partial charge in [0, 0.05) is 11.8 Å². The Morgan fingerprint density at radius 1 is 1.03 bits per heavy atom. The Balaban J connectivity index is 1.53. The predicted octanol–water partition coefficient (Wildman–Crippen LogP) is 3.22. The molecule has 2 aliphatic heterocycles. The van der Waals surface area contributed by atoms with Crippen LogP contribution in [0, 0.1) is 6.92 Å². The van der Waals surface area contributed by atoms with E-state index in [1.54, 1.807) is 62.6 Å². The van der Waals surface area contributed by atoms with Crippen LogP contribution in [-0.4, -0.2) is 25.9 Å². The van der Waals surface area contributed by atoms with E-state index in [2.05, 4.69) is 5.32 Å². The van der Waals surface area contributed by atoms with Crippen molar-refractivity contribution in [2.75, 3.05) is 19.2 Å². The molecule has 0 saturated carbocycles. The zero-order valence-corrected chi connectivity index (χ0v) is 16.8. The summed E-state index contributed by atoms with van der Waals surface area (Å²) in [5.41, 5.74) is 1.05. The summed E-state index contributed by atoms with van der Waals surface area (Å²) in [5.74, 6) is 1.53. The number of amides is 1. The molecule has 1 aromatic heterocycles. The molecule has 0 saturated heterocycles. The third-order valence-corrected chi connectivity index (χ3v) is 5.31. The van der Waals surface area contributed by atoms with Crippen molar-refractivity contribution in [2.24, 2.45) is 0 Å². The second-order valence-electron chi connectivity index (χ2n) is 7.27. The Morgan fingerprint density at radius 2 is 1.81 bits per heavy atom. The molecule has 2 atom stereocenters. The number of hydrogen-bond acceptors (Lipinski definition) is 7. The van der Waals surface area contributed by atoms with Crippen LogP contribution in [0.15, 0.2) is 57.7 Å². The molecule has 0 radical (unpaired) electrons. The molecule has 1 N–H and O–H groups in total. The van der Waals surface area contributed by atoms with Gasteiger partial charge >= 0.3 is 5.63 Å². The van der Waals surface area contributed by atoms with Crippen molar-refractivity contribution in [2.45, 2.75) is 18.9 Å². The van der Waals surface area contributed by atoms with E-state index < -0.39 is 17.6 Å². The van der Waals surface area contributed by atoms with E-state index >= 15 is 0 Å². The molecule has 8 nitrogen and oxygen atoms in total. The van der Waals surface area contributed by atoms with Gasteiger partial charge in [0.25, 0.3) is 5.91 Å². The predicted molar refractivity (Wildman–Crippen MR) is 110 cm³/mol. The maximum absolute atomic E-state index is 13.2. The number of ether oxygens (including phenoxy) is 4. The summed E-state index contributed by atoms with van der Waals surface area (Å²) in [5, 5.41) is 2.85. The van der Waals surface area contributed by atoms with Crippen molar-refractivity contribution in [3.05, 3.63) is 75.8 Å². The van der Waals surface area contributed by atoms with Gasteiger partial charge in [-0.1, -0.05) is 6.07 Å². The smallest absolute Gasteiger partial charge is 0.343 e. The number of aryl methyl sites for hydroxylation is 1. The molecule has 31 heavy (non-hydrogen) atoms. The van der Waals surface area contributed by atoms with Gasteiger partial charge in [0.2, 0.25) is 6.79 Å². The van der Waals surface area contributed by atoms with Crippen LogP contribution in [0.25, 0.3) is 0 Å². The molecule has 5 rings (SSSR count). The minimum Gasteiger partial charge on any atom is -0.497 e. The van der Waals surface area contributed by atoms with Crippen LogP contribution in [0.1, 0.15) is 22.8 Å². The van der Waals surface area contributed by atoms with Crippen molar-refractivity contribution in [3.63, 3.8) is 0 Å². The number of benzene rings is 2. The zero-order chi connectivity index (χ0) is 21.5. The second-order valence-corrected chi connectivity index (χ2v) is 7.27. The summed E-state index contributed by atoms with van der Waals surface area (Å²) < 4.78 is 27.3. The van der Waals surface area contributed by atoms with Gasteiger partial charge in [0.1, 0.15) is 17.3 Å². The number of methoxy groups -OCH3 is 1. The van der Waals surface area contributed by atoms with Gasteiger partial charge < -0.3 is 28.7 Å². The number of nitrogens with one attached hydrogen (secondary N) is 1. The maximum Gasteiger partial charge on any atom is 0.343 e. The van der Waals surface area contributed by atoms with Crippen LogP contribution in [0.3, 0.4) is 0 Å². The summed E-state index contributed by atoms with van der Waals surface area (Å²) >= 11 is 0. The standard InChI is InChI=1S/C23H19NO7/c1-12-9-18-20(23(26)30-12)19(13-3-8-16-17(10-13)29-11-28-16)21(31-18)22(25)24-14-4-6-15(27-2)7-5-14/h3-10,19,21H,11H2,1-2H3,(H,24,25). The van der Waals surface area contributed by atoms with Gasteiger partial charge in [0.15, 0.2) is 17.6 Å². The highest BCUT2D eigenvalue weighted by molar-refractivity contribution is 5.96. The van der Waals surface area contributed by atoms with Gasteiger partial charge in [-0.25, -0.2) is 4.79 Å². The fourth-order valence-electron chi connectivity index (χ4n) is 3.87. The van der Waals surface area contributed by atoms with Crippen LogP contribution < -0.4 is 29.9 Å². The topological polar surface area (TPSA) is 96.2 Å². The lowest BCUT2D eigenvalue weighted by Gasteiger charge is -2.19. The Bertz CT molecular complexity index is 1220. The normalized spacial score (nSPS) is 18.3. The van der Waals surface area contributed by atoms with Crippen molar-refractivity contribution in [1.82, 2.24) is 0 Å². The van der Waals surface area contributed by atoms with Gasteiger partial charge in [0.05, 0.1) is 18.6 Å². The maximum atomic E-state index is 13.2. The van der Waals surface area contributed by atoms with Crippen LogP contribution >= 0.6 is 0 Å². The molecule has 8 heteroatoms. The molecule has 0 fully saturated rings. The molecule has 2 aromatic carbocycles. The number of carbonyl (C=O) groups is 1. The van der Waals surface area contributed by atoms with Crippen LogP contribution in [0.2, 0.25) is 0 Å². The lowest BCUT2D eigenvalue weighted by molar-refractivity contribution is -0.122. The van der Waals surface area contributed by atoms with Crippen molar-refractivity contribution in [3.8, 4) is 23.0 Å². The largest absolute Gasteiger partial charge is 0.497 e. The molecule has 0 aliphatic carbocycles. The molecule has 0 bridgehead atoms. The molecule has 3 aromatic rings. The number of hydrogen-bond donors (Lipinski definition) is 1. The van der Waals surface area contributed by atoms with E-state index in [0.29, 0.717) is 45.6 Å². The summed E-state index contributed by atoms with van der Waals surface area (Å²) in [7, 11) is 1.57. The summed E-state index contributed by atoms with van der Waals surface area (Å²) in [4.78, 5) is 25.9. The number of anilines is 1. The molecule has 2 unspecified atom stereocenters. The average Bonchev–Trinajstić information content (AvgIpc) is 3.38. The number of carbonyl (C=O) groups excluding carboxylic acids is 1. The van der Waals surface area contributed by atoms with E-state index in [0.717, 1.165) is 0 Å². The minimum absolute atomic E-state index is 0.124. The van der Waals surface area contributed by atoms with E-state index in [1.165, 1.54) is 0 Å². The van der Waals surface area contributed by atoms with Gasteiger partial charge in [-0.15, -0.1) is 0 Å². The molecular formula is C23H19NO7. The first-order valence-electron chi connectivity index (χ1n) is 9.69. The highest BCUT2D eigenvalue weighted by Crippen LogP contribution is 2.44. The van der Waals surface area contributed by atoms with Crippen molar-refractivity contribution >= 4 is 11.6 Å². The van der Waals surface area contributed by atoms with Gasteiger partial charge in [-0.3, -0.25) is 4.79 Å². The summed E-state index contributed by atoms with van der Waals surface area (Å²) in [6.07, 6.45) is -0.970. The Kier molecular flexibility index (Phi) is 4.54. The number of rotatable bonds is 4. The highest BCUT2D eigenvalue weighted by Gasteiger charge is 2.43. The Labute approximate surface area is 177 Å². The fraction of sp³-hybridized carbons (Fsp3) is 0.217. The molecule has 158 valence electrons. The first-order valence-corrected chi connectivity index (χ1v) is 9.69. The van der Waals surface area contributed by atoms with Crippen LogP contribution in [-0.2, 0) is 4.79 Å². The lowest BCUT2D eigenvalue weighted by Crippen LogP contribution is -2.35. The Hall–Kier alpha value is -3.94. The molecule has 1 amide bonds. The van der Waals surface area contributed by atoms with Gasteiger partial charge in [-0.2, -0.15) is 0 Å².